The molecule has 0 aliphatic heterocycles. The van der Waals surface area contributed by atoms with Crippen molar-refractivity contribution in [2.45, 2.75) is 6.61 Å². The van der Waals surface area contributed by atoms with Crippen LogP contribution in [0.2, 0.25) is 0 Å². The summed E-state index contributed by atoms with van der Waals surface area (Å²) in [5.74, 6) is 0.384. The van der Waals surface area contributed by atoms with Crippen LogP contribution >= 0.6 is 0 Å². The van der Waals surface area contributed by atoms with E-state index in [2.05, 4.69) is 9.97 Å². The summed E-state index contributed by atoms with van der Waals surface area (Å²) in [6, 6.07) is 22.4. The van der Waals surface area contributed by atoms with Crippen molar-refractivity contribution in [3.05, 3.63) is 102 Å². The summed E-state index contributed by atoms with van der Waals surface area (Å²) >= 11 is 0. The monoisotopic (exact) mass is 379 g/mol. The van der Waals surface area contributed by atoms with E-state index in [4.69, 9.17) is 4.74 Å². The van der Waals surface area contributed by atoms with Crippen LogP contribution in [0.3, 0.4) is 0 Å². The fourth-order valence-electron chi connectivity index (χ4n) is 3.02. The SMILES string of the molecule is N#C/C(=C\c1ccc(OCc2ccccn2)cc1)C(=O)c1c[nH]c2ccccc12. The number of nitrogens with zero attached hydrogens (tertiary/aromatic N) is 2. The molecule has 0 aliphatic rings. The van der Waals surface area contributed by atoms with Crippen LogP contribution in [0.1, 0.15) is 21.6 Å². The van der Waals surface area contributed by atoms with Gasteiger partial charge in [-0.25, -0.2) is 0 Å². The van der Waals surface area contributed by atoms with Gasteiger partial charge in [-0.3, -0.25) is 9.78 Å². The average molecular weight is 379 g/mol. The maximum absolute atomic E-state index is 12.8. The number of aromatic amines is 1. The highest BCUT2D eigenvalue weighted by atomic mass is 16.5. The number of ether oxygens (including phenoxy) is 1. The first-order chi connectivity index (χ1) is 14.2. The van der Waals surface area contributed by atoms with E-state index >= 15 is 0 Å². The quantitative estimate of drug-likeness (QED) is 0.293. The molecule has 4 aromatic rings. The van der Waals surface area contributed by atoms with Gasteiger partial charge in [-0.2, -0.15) is 5.26 Å². The predicted octanol–water partition coefficient (Wildman–Crippen LogP) is 4.93. The molecule has 2 aromatic heterocycles. The van der Waals surface area contributed by atoms with E-state index < -0.39 is 0 Å². The Bertz CT molecular complexity index is 1220. The molecule has 0 amide bonds. The van der Waals surface area contributed by atoms with Crippen molar-refractivity contribution in [3.63, 3.8) is 0 Å². The number of carbonyl (C=O) groups is 1. The first kappa shape index (κ1) is 18.2. The van der Waals surface area contributed by atoms with Gasteiger partial charge in [0.1, 0.15) is 24.0 Å². The Labute approximate surface area is 167 Å². The zero-order valence-electron chi connectivity index (χ0n) is 15.5. The molecule has 29 heavy (non-hydrogen) atoms. The third-order valence-corrected chi connectivity index (χ3v) is 4.50. The van der Waals surface area contributed by atoms with Crippen LogP contribution in [0.5, 0.6) is 5.75 Å². The molecule has 4 rings (SSSR count). The number of fused-ring (bicyclic) bond motifs is 1. The largest absolute Gasteiger partial charge is 0.487 e. The number of nitrogens with one attached hydrogen (secondary N) is 1. The second-order valence-electron chi connectivity index (χ2n) is 6.43. The van der Waals surface area contributed by atoms with Gasteiger partial charge in [-0.05, 0) is 42.0 Å². The van der Waals surface area contributed by atoms with Gasteiger partial charge >= 0.3 is 0 Å². The Balaban J connectivity index is 1.51. The van der Waals surface area contributed by atoms with Gasteiger partial charge in [-0.15, -0.1) is 0 Å². The zero-order valence-corrected chi connectivity index (χ0v) is 15.5. The van der Waals surface area contributed by atoms with E-state index in [0.29, 0.717) is 17.9 Å². The van der Waals surface area contributed by atoms with Crippen LogP contribution in [-0.2, 0) is 6.61 Å². The van der Waals surface area contributed by atoms with Crippen molar-refractivity contribution in [2.75, 3.05) is 0 Å². The third-order valence-electron chi connectivity index (χ3n) is 4.50. The first-order valence-electron chi connectivity index (χ1n) is 9.10. The van der Waals surface area contributed by atoms with Crippen LogP contribution in [0.4, 0.5) is 0 Å². The van der Waals surface area contributed by atoms with Crippen molar-refractivity contribution in [3.8, 4) is 11.8 Å². The Morgan fingerprint density at radius 2 is 1.86 bits per heavy atom. The summed E-state index contributed by atoms with van der Waals surface area (Å²) < 4.78 is 5.71. The Kier molecular flexibility index (Phi) is 5.17. The molecule has 0 spiro atoms. The summed E-state index contributed by atoms with van der Waals surface area (Å²) in [5.41, 5.74) is 3.02. The van der Waals surface area contributed by atoms with Crippen LogP contribution in [0.25, 0.3) is 17.0 Å². The molecule has 0 aliphatic carbocycles. The van der Waals surface area contributed by atoms with Crippen molar-refractivity contribution in [1.82, 2.24) is 9.97 Å². The number of para-hydroxylation sites is 1. The van der Waals surface area contributed by atoms with Crippen molar-refractivity contribution in [1.29, 1.82) is 5.26 Å². The fraction of sp³-hybridized carbons (Fsp3) is 0.0417. The number of carbonyl (C=O) groups excluding carboxylic acids is 1. The molecular weight excluding hydrogens is 362 g/mol. The fourth-order valence-corrected chi connectivity index (χ4v) is 3.02. The van der Waals surface area contributed by atoms with Gasteiger partial charge < -0.3 is 9.72 Å². The second-order valence-corrected chi connectivity index (χ2v) is 6.43. The van der Waals surface area contributed by atoms with E-state index in [1.807, 2.05) is 60.7 Å². The lowest BCUT2D eigenvalue weighted by Gasteiger charge is -2.06. The molecule has 5 heteroatoms. The molecule has 0 bridgehead atoms. The molecular formula is C24H17N3O2. The van der Waals surface area contributed by atoms with E-state index in [1.165, 1.54) is 0 Å². The summed E-state index contributed by atoms with van der Waals surface area (Å²) in [5, 5.41) is 10.3. The number of hydrogen-bond acceptors (Lipinski definition) is 4. The first-order valence-corrected chi connectivity index (χ1v) is 9.10. The van der Waals surface area contributed by atoms with Crippen LogP contribution in [0.15, 0.2) is 84.7 Å². The molecule has 0 radical (unpaired) electrons. The normalized spacial score (nSPS) is 11.2. The number of benzene rings is 2. The number of allylic oxidation sites excluding steroid dienone is 1. The van der Waals surface area contributed by atoms with E-state index in [1.54, 1.807) is 30.6 Å². The van der Waals surface area contributed by atoms with Crippen LogP contribution in [0, 0.1) is 11.3 Å². The van der Waals surface area contributed by atoms with Gasteiger partial charge in [0.2, 0.25) is 5.78 Å². The lowest BCUT2D eigenvalue weighted by Crippen LogP contribution is -2.01. The van der Waals surface area contributed by atoms with Crippen LogP contribution in [-0.4, -0.2) is 15.8 Å². The molecule has 1 N–H and O–H groups in total. The van der Waals surface area contributed by atoms with Crippen molar-refractivity contribution >= 4 is 22.8 Å². The molecule has 2 aromatic carbocycles. The maximum Gasteiger partial charge on any atom is 0.205 e. The molecule has 0 saturated heterocycles. The minimum atomic E-state index is -0.305. The van der Waals surface area contributed by atoms with E-state index in [-0.39, 0.29) is 11.4 Å². The standard InChI is InChI=1S/C24H17N3O2/c25-14-18(24(28)22-15-27-23-7-2-1-6-21(22)23)13-17-8-10-20(11-9-17)29-16-19-5-3-4-12-26-19/h1-13,15,27H,16H2/b18-13+. The molecule has 0 saturated carbocycles. The van der Waals surface area contributed by atoms with Crippen molar-refractivity contribution < 1.29 is 9.53 Å². The number of Topliss-reactive ketones (excluding diaryl/α,β-unsaturated/α-hetero) is 1. The molecule has 140 valence electrons. The Morgan fingerprint density at radius 1 is 1.07 bits per heavy atom. The molecule has 2 heterocycles. The van der Waals surface area contributed by atoms with E-state index in [0.717, 1.165) is 22.2 Å². The Hall–Kier alpha value is -4.17. The predicted molar refractivity (Wildman–Crippen MR) is 111 cm³/mol. The van der Waals surface area contributed by atoms with Gasteiger partial charge in [0.15, 0.2) is 0 Å². The summed E-state index contributed by atoms with van der Waals surface area (Å²) in [6.45, 7) is 0.374. The smallest absolute Gasteiger partial charge is 0.205 e. The number of H-pyrrole nitrogens is 1. The molecule has 0 fully saturated rings. The summed E-state index contributed by atoms with van der Waals surface area (Å²) in [7, 11) is 0. The molecule has 5 nitrogen and oxygen atoms in total. The number of rotatable bonds is 6. The minimum absolute atomic E-state index is 0.0805. The molecule has 0 atom stereocenters. The zero-order chi connectivity index (χ0) is 20.1. The maximum atomic E-state index is 12.8. The van der Waals surface area contributed by atoms with Gasteiger partial charge in [0.05, 0.1) is 5.69 Å². The Morgan fingerprint density at radius 3 is 2.62 bits per heavy atom. The highest BCUT2D eigenvalue weighted by Gasteiger charge is 2.16. The van der Waals surface area contributed by atoms with Gasteiger partial charge in [0.25, 0.3) is 0 Å². The number of ketones is 1. The molecule has 0 unspecified atom stereocenters. The van der Waals surface area contributed by atoms with E-state index in [9.17, 15) is 10.1 Å². The average Bonchev–Trinajstić information content (AvgIpc) is 3.21. The highest BCUT2D eigenvalue weighted by Crippen LogP contribution is 2.22. The lowest BCUT2D eigenvalue weighted by molar-refractivity contribution is 0.104. The number of nitriles is 1. The number of hydrogen-bond donors (Lipinski definition) is 1. The van der Waals surface area contributed by atoms with Crippen LogP contribution < -0.4 is 4.74 Å². The second kappa shape index (κ2) is 8.24. The highest BCUT2D eigenvalue weighted by molar-refractivity contribution is 6.19. The number of aromatic nitrogens is 2. The lowest BCUT2D eigenvalue weighted by atomic mass is 10.0. The van der Waals surface area contributed by atoms with Gasteiger partial charge in [0, 0.05) is 28.9 Å². The number of pyridine rings is 1. The van der Waals surface area contributed by atoms with Crippen molar-refractivity contribution in [2.24, 2.45) is 0 Å². The van der Waals surface area contributed by atoms with Gasteiger partial charge in [-0.1, -0.05) is 36.4 Å². The minimum Gasteiger partial charge on any atom is -0.487 e. The summed E-state index contributed by atoms with van der Waals surface area (Å²) in [6.07, 6.45) is 4.96. The summed E-state index contributed by atoms with van der Waals surface area (Å²) in [4.78, 5) is 20.1. The third kappa shape index (κ3) is 4.07. The topological polar surface area (TPSA) is 78.8 Å².